The van der Waals surface area contributed by atoms with Crippen molar-refractivity contribution in [2.75, 3.05) is 20.1 Å². The first-order valence-corrected chi connectivity index (χ1v) is 6.03. The molecule has 0 aromatic carbocycles. The highest BCUT2D eigenvalue weighted by Crippen LogP contribution is 2.18. The smallest absolute Gasteiger partial charge is 0.227 e. The summed E-state index contributed by atoms with van der Waals surface area (Å²) in [6.07, 6.45) is 3.51. The lowest BCUT2D eigenvalue weighted by Crippen LogP contribution is -2.35. The van der Waals surface area contributed by atoms with E-state index in [2.05, 4.69) is 17.2 Å². The van der Waals surface area contributed by atoms with Crippen LogP contribution in [0.2, 0.25) is 0 Å². The maximum Gasteiger partial charge on any atom is 0.227 e. The standard InChI is InChI=1S/C13H19N3O/c1-10-7-15-8-12(10)13(17)16(2)9-11-3-5-14-6-4-11/h3-6,10,12,15H,7-9H2,1-2H3. The van der Waals surface area contributed by atoms with Crippen molar-refractivity contribution in [2.24, 2.45) is 11.8 Å². The summed E-state index contributed by atoms with van der Waals surface area (Å²) in [5, 5.41) is 3.26. The minimum absolute atomic E-state index is 0.127. The molecule has 1 aliphatic rings. The summed E-state index contributed by atoms with van der Waals surface area (Å²) in [7, 11) is 1.87. The van der Waals surface area contributed by atoms with Crippen LogP contribution in [0.1, 0.15) is 12.5 Å². The molecule has 1 aromatic heterocycles. The molecule has 0 bridgehead atoms. The van der Waals surface area contributed by atoms with Crippen molar-refractivity contribution in [1.29, 1.82) is 0 Å². The summed E-state index contributed by atoms with van der Waals surface area (Å²) in [6.45, 7) is 4.54. The van der Waals surface area contributed by atoms with E-state index in [9.17, 15) is 4.79 Å². The van der Waals surface area contributed by atoms with Gasteiger partial charge in [-0.25, -0.2) is 0 Å². The van der Waals surface area contributed by atoms with E-state index in [1.54, 1.807) is 12.4 Å². The number of nitrogens with one attached hydrogen (secondary N) is 1. The topological polar surface area (TPSA) is 45.2 Å². The van der Waals surface area contributed by atoms with Crippen molar-refractivity contribution >= 4 is 5.91 Å². The number of carbonyl (C=O) groups is 1. The summed E-state index contributed by atoms with van der Waals surface area (Å²) in [5.74, 6) is 0.795. The molecule has 4 heteroatoms. The largest absolute Gasteiger partial charge is 0.341 e. The minimum atomic E-state index is 0.127. The highest BCUT2D eigenvalue weighted by atomic mass is 16.2. The molecule has 17 heavy (non-hydrogen) atoms. The third-order valence-corrected chi connectivity index (χ3v) is 3.38. The molecule has 1 amide bonds. The van der Waals surface area contributed by atoms with Crippen molar-refractivity contribution < 1.29 is 4.79 Å². The maximum atomic E-state index is 12.2. The molecule has 0 spiro atoms. The molecule has 2 unspecified atom stereocenters. The van der Waals surface area contributed by atoms with Gasteiger partial charge in [0.15, 0.2) is 0 Å². The Kier molecular flexibility index (Phi) is 3.74. The number of nitrogens with zero attached hydrogens (tertiary/aromatic N) is 2. The van der Waals surface area contributed by atoms with E-state index in [-0.39, 0.29) is 11.8 Å². The first kappa shape index (κ1) is 12.0. The molecule has 0 radical (unpaired) electrons. The number of hydrogen-bond donors (Lipinski definition) is 1. The van der Waals surface area contributed by atoms with Gasteiger partial charge < -0.3 is 10.2 Å². The van der Waals surface area contributed by atoms with Gasteiger partial charge in [0.25, 0.3) is 0 Å². The van der Waals surface area contributed by atoms with Crippen LogP contribution in [0, 0.1) is 11.8 Å². The van der Waals surface area contributed by atoms with Crippen LogP contribution in [0.15, 0.2) is 24.5 Å². The van der Waals surface area contributed by atoms with Crippen molar-refractivity contribution in [3.63, 3.8) is 0 Å². The van der Waals surface area contributed by atoms with Crippen molar-refractivity contribution in [1.82, 2.24) is 15.2 Å². The van der Waals surface area contributed by atoms with Gasteiger partial charge in [-0.1, -0.05) is 6.92 Å². The van der Waals surface area contributed by atoms with Crippen LogP contribution in [-0.2, 0) is 11.3 Å². The van der Waals surface area contributed by atoms with E-state index in [4.69, 9.17) is 0 Å². The van der Waals surface area contributed by atoms with E-state index < -0.39 is 0 Å². The molecular formula is C13H19N3O. The normalized spacial score (nSPS) is 23.6. The second-order valence-corrected chi connectivity index (χ2v) is 4.79. The molecule has 0 saturated carbocycles. The van der Waals surface area contributed by atoms with E-state index in [0.717, 1.165) is 18.7 Å². The zero-order valence-corrected chi connectivity index (χ0v) is 10.4. The van der Waals surface area contributed by atoms with Gasteiger partial charge in [-0.2, -0.15) is 0 Å². The number of pyridine rings is 1. The summed E-state index contributed by atoms with van der Waals surface area (Å²) in [4.78, 5) is 18.0. The lowest BCUT2D eigenvalue weighted by molar-refractivity contribution is -0.135. The SMILES string of the molecule is CC1CNCC1C(=O)N(C)Cc1ccncc1. The minimum Gasteiger partial charge on any atom is -0.341 e. The van der Waals surface area contributed by atoms with Crippen molar-refractivity contribution in [3.05, 3.63) is 30.1 Å². The van der Waals surface area contributed by atoms with Crippen LogP contribution in [0.25, 0.3) is 0 Å². The molecule has 92 valence electrons. The van der Waals surface area contributed by atoms with Crippen molar-refractivity contribution in [3.8, 4) is 0 Å². The Hall–Kier alpha value is -1.42. The van der Waals surface area contributed by atoms with Gasteiger partial charge in [-0.15, -0.1) is 0 Å². The Labute approximate surface area is 102 Å². The van der Waals surface area contributed by atoms with Crippen molar-refractivity contribution in [2.45, 2.75) is 13.5 Å². The molecule has 0 aliphatic carbocycles. The average molecular weight is 233 g/mol. The number of amides is 1. The quantitative estimate of drug-likeness (QED) is 0.843. The lowest BCUT2D eigenvalue weighted by atomic mass is 9.96. The fourth-order valence-corrected chi connectivity index (χ4v) is 2.26. The van der Waals surface area contributed by atoms with Gasteiger partial charge in [-0.3, -0.25) is 9.78 Å². The Morgan fingerprint density at radius 3 is 2.76 bits per heavy atom. The van der Waals surface area contributed by atoms with Gasteiger partial charge in [0.2, 0.25) is 5.91 Å². The Morgan fingerprint density at radius 2 is 2.18 bits per heavy atom. The van der Waals surface area contributed by atoms with Crippen LogP contribution in [0.3, 0.4) is 0 Å². The Morgan fingerprint density at radius 1 is 1.47 bits per heavy atom. The predicted octanol–water partition coefficient (Wildman–Crippen LogP) is 0.895. The molecule has 1 aliphatic heterocycles. The molecule has 2 atom stereocenters. The van der Waals surface area contributed by atoms with E-state index in [0.29, 0.717) is 12.5 Å². The van der Waals surface area contributed by atoms with Gasteiger partial charge >= 0.3 is 0 Å². The summed E-state index contributed by atoms with van der Waals surface area (Å²) in [5.41, 5.74) is 1.12. The zero-order valence-electron chi connectivity index (χ0n) is 10.4. The van der Waals surface area contributed by atoms with Gasteiger partial charge in [0.1, 0.15) is 0 Å². The second-order valence-electron chi connectivity index (χ2n) is 4.79. The Balaban J connectivity index is 1.96. The maximum absolute atomic E-state index is 12.2. The van der Waals surface area contributed by atoms with E-state index in [1.807, 2.05) is 24.1 Å². The lowest BCUT2D eigenvalue weighted by Gasteiger charge is -2.22. The molecular weight excluding hydrogens is 214 g/mol. The summed E-state index contributed by atoms with van der Waals surface area (Å²) >= 11 is 0. The highest BCUT2D eigenvalue weighted by Gasteiger charge is 2.31. The first-order valence-electron chi connectivity index (χ1n) is 6.03. The third-order valence-electron chi connectivity index (χ3n) is 3.38. The van der Waals surface area contributed by atoms with E-state index in [1.165, 1.54) is 0 Å². The monoisotopic (exact) mass is 233 g/mol. The molecule has 2 heterocycles. The Bertz CT molecular complexity index is 380. The van der Waals surface area contributed by atoms with Crippen LogP contribution < -0.4 is 5.32 Å². The molecule has 1 saturated heterocycles. The fourth-order valence-electron chi connectivity index (χ4n) is 2.26. The number of carbonyl (C=O) groups excluding carboxylic acids is 1. The predicted molar refractivity (Wildman–Crippen MR) is 66.2 cm³/mol. The van der Waals surface area contributed by atoms with Gasteiger partial charge in [0, 0.05) is 32.5 Å². The zero-order chi connectivity index (χ0) is 12.3. The van der Waals surface area contributed by atoms with Crippen LogP contribution in [0.5, 0.6) is 0 Å². The van der Waals surface area contributed by atoms with Gasteiger partial charge in [0.05, 0.1) is 5.92 Å². The molecule has 2 rings (SSSR count). The highest BCUT2D eigenvalue weighted by molar-refractivity contribution is 5.79. The number of hydrogen-bond acceptors (Lipinski definition) is 3. The van der Waals surface area contributed by atoms with Gasteiger partial charge in [-0.05, 0) is 30.2 Å². The molecule has 4 nitrogen and oxygen atoms in total. The third kappa shape index (κ3) is 2.82. The molecule has 1 aromatic rings. The van der Waals surface area contributed by atoms with Crippen LogP contribution in [0.4, 0.5) is 0 Å². The summed E-state index contributed by atoms with van der Waals surface area (Å²) < 4.78 is 0. The number of rotatable bonds is 3. The first-order chi connectivity index (χ1) is 8.18. The van der Waals surface area contributed by atoms with E-state index >= 15 is 0 Å². The second kappa shape index (κ2) is 5.27. The molecule has 1 fully saturated rings. The fraction of sp³-hybridized carbons (Fsp3) is 0.538. The number of aromatic nitrogens is 1. The summed E-state index contributed by atoms with van der Waals surface area (Å²) in [6, 6.07) is 3.89. The van der Waals surface area contributed by atoms with Crippen LogP contribution in [-0.4, -0.2) is 35.9 Å². The molecule has 1 N–H and O–H groups in total. The van der Waals surface area contributed by atoms with Crippen LogP contribution >= 0.6 is 0 Å². The average Bonchev–Trinajstić information content (AvgIpc) is 2.76.